The number of ether oxygens (including phenoxy) is 2. The molecule has 4 rings (SSSR count). The summed E-state index contributed by atoms with van der Waals surface area (Å²) >= 11 is 0. The van der Waals surface area contributed by atoms with Gasteiger partial charge in [0.2, 0.25) is 0 Å². The van der Waals surface area contributed by atoms with Crippen molar-refractivity contribution in [3.05, 3.63) is 52.7 Å². The van der Waals surface area contributed by atoms with Crippen LogP contribution in [0.1, 0.15) is 31.8 Å². The number of aryl methyl sites for hydroxylation is 1. The zero-order valence-corrected chi connectivity index (χ0v) is 13.4. The van der Waals surface area contributed by atoms with Gasteiger partial charge in [0.15, 0.2) is 17.3 Å². The average molecular weight is 322 g/mol. The Labute approximate surface area is 137 Å². The Morgan fingerprint density at radius 3 is 2.00 bits per heavy atom. The van der Waals surface area contributed by atoms with Gasteiger partial charge in [-0.25, -0.2) is 0 Å². The molecule has 0 N–H and O–H groups in total. The molecule has 1 aliphatic carbocycles. The van der Waals surface area contributed by atoms with E-state index in [-0.39, 0.29) is 22.7 Å². The van der Waals surface area contributed by atoms with Gasteiger partial charge in [-0.2, -0.15) is 5.10 Å². The summed E-state index contributed by atoms with van der Waals surface area (Å²) in [6.45, 7) is 0. The molecule has 1 aliphatic rings. The smallest absolute Gasteiger partial charge is 0.198 e. The lowest BCUT2D eigenvalue weighted by atomic mass is 9.82. The number of carbonyl (C=O) groups is 2. The Bertz CT molecular complexity index is 1030. The standard InChI is InChI=1S/C18H14N2O4/c1-20-14-11(8-19-20)17(23-2)12-13(18(14)24-3)16(22)10-7-5-4-6-9(10)15(12)21/h4-8H,1-3H3. The molecule has 6 nitrogen and oxygen atoms in total. The Kier molecular flexibility index (Phi) is 2.96. The van der Waals surface area contributed by atoms with E-state index in [4.69, 9.17) is 9.47 Å². The van der Waals surface area contributed by atoms with Crippen LogP contribution in [0.15, 0.2) is 30.5 Å². The summed E-state index contributed by atoms with van der Waals surface area (Å²) in [5.41, 5.74) is 1.83. The molecule has 0 amide bonds. The summed E-state index contributed by atoms with van der Waals surface area (Å²) < 4.78 is 12.6. The van der Waals surface area contributed by atoms with Gasteiger partial charge in [-0.3, -0.25) is 14.3 Å². The van der Waals surface area contributed by atoms with E-state index in [9.17, 15) is 9.59 Å². The van der Waals surface area contributed by atoms with E-state index in [1.807, 2.05) is 0 Å². The molecule has 24 heavy (non-hydrogen) atoms. The van der Waals surface area contributed by atoms with Crippen LogP contribution in [0.3, 0.4) is 0 Å². The summed E-state index contributed by atoms with van der Waals surface area (Å²) in [6, 6.07) is 6.78. The lowest BCUT2D eigenvalue weighted by Crippen LogP contribution is -2.23. The van der Waals surface area contributed by atoms with Crippen LogP contribution >= 0.6 is 0 Å². The number of carbonyl (C=O) groups excluding carboxylic acids is 2. The number of hydrogen-bond donors (Lipinski definition) is 0. The first-order valence-corrected chi connectivity index (χ1v) is 7.38. The molecular formula is C18H14N2O4. The molecule has 0 aliphatic heterocycles. The Balaban J connectivity index is 2.22. The number of rotatable bonds is 2. The topological polar surface area (TPSA) is 70.4 Å². The first-order chi connectivity index (χ1) is 11.6. The maximum Gasteiger partial charge on any atom is 0.198 e. The minimum Gasteiger partial charge on any atom is -0.495 e. The van der Waals surface area contributed by atoms with Gasteiger partial charge in [0.05, 0.1) is 36.9 Å². The third-order valence-electron chi connectivity index (χ3n) is 4.38. The van der Waals surface area contributed by atoms with Crippen molar-refractivity contribution in [1.29, 1.82) is 0 Å². The van der Waals surface area contributed by atoms with E-state index >= 15 is 0 Å². The molecule has 0 spiro atoms. The largest absolute Gasteiger partial charge is 0.495 e. The first kappa shape index (κ1) is 14.4. The molecule has 120 valence electrons. The number of fused-ring (bicyclic) bond motifs is 3. The van der Waals surface area contributed by atoms with Gasteiger partial charge in [-0.1, -0.05) is 24.3 Å². The summed E-state index contributed by atoms with van der Waals surface area (Å²) in [5.74, 6) is 0.190. The highest BCUT2D eigenvalue weighted by molar-refractivity contribution is 6.32. The van der Waals surface area contributed by atoms with Crippen LogP contribution in [0.2, 0.25) is 0 Å². The van der Waals surface area contributed by atoms with Crippen molar-refractivity contribution in [1.82, 2.24) is 9.78 Å². The normalized spacial score (nSPS) is 13.0. The number of methoxy groups -OCH3 is 2. The minimum absolute atomic E-state index is 0.231. The quantitative estimate of drug-likeness (QED) is 0.566. The van der Waals surface area contributed by atoms with Crippen molar-refractivity contribution >= 4 is 22.5 Å². The first-order valence-electron chi connectivity index (χ1n) is 7.38. The van der Waals surface area contributed by atoms with Crippen LogP contribution in [0.4, 0.5) is 0 Å². The van der Waals surface area contributed by atoms with Gasteiger partial charge < -0.3 is 9.47 Å². The third-order valence-corrected chi connectivity index (χ3v) is 4.38. The molecule has 0 unspecified atom stereocenters. The Hall–Kier alpha value is -3.15. The van der Waals surface area contributed by atoms with E-state index in [1.54, 1.807) is 42.2 Å². The van der Waals surface area contributed by atoms with Crippen molar-refractivity contribution in [2.75, 3.05) is 14.2 Å². The highest BCUT2D eigenvalue weighted by Crippen LogP contribution is 2.44. The number of aromatic nitrogens is 2. The summed E-state index contributed by atoms with van der Waals surface area (Å²) in [4.78, 5) is 26.1. The lowest BCUT2D eigenvalue weighted by Gasteiger charge is -2.22. The highest BCUT2D eigenvalue weighted by atomic mass is 16.5. The van der Waals surface area contributed by atoms with Gasteiger partial charge in [-0.05, 0) is 0 Å². The average Bonchev–Trinajstić information content (AvgIpc) is 2.99. The van der Waals surface area contributed by atoms with Crippen molar-refractivity contribution < 1.29 is 19.1 Å². The van der Waals surface area contributed by atoms with Crippen molar-refractivity contribution in [2.45, 2.75) is 0 Å². The minimum atomic E-state index is -0.251. The second kappa shape index (κ2) is 4.92. The zero-order chi connectivity index (χ0) is 17.0. The van der Waals surface area contributed by atoms with Gasteiger partial charge in [-0.15, -0.1) is 0 Å². The maximum atomic E-state index is 13.1. The van der Waals surface area contributed by atoms with Gasteiger partial charge in [0.1, 0.15) is 11.3 Å². The molecule has 0 bridgehead atoms. The number of nitrogens with zero attached hydrogens (tertiary/aromatic N) is 2. The van der Waals surface area contributed by atoms with Crippen molar-refractivity contribution in [2.24, 2.45) is 7.05 Å². The second-order valence-corrected chi connectivity index (χ2v) is 5.55. The van der Waals surface area contributed by atoms with Crippen LogP contribution in [0.25, 0.3) is 10.9 Å². The number of hydrogen-bond acceptors (Lipinski definition) is 5. The van der Waals surface area contributed by atoms with Crippen LogP contribution in [0.5, 0.6) is 11.5 Å². The predicted molar refractivity (Wildman–Crippen MR) is 87.1 cm³/mol. The van der Waals surface area contributed by atoms with Crippen molar-refractivity contribution in [3.8, 4) is 11.5 Å². The van der Waals surface area contributed by atoms with E-state index in [1.165, 1.54) is 14.2 Å². The summed E-state index contributed by atoms with van der Waals surface area (Å²) in [7, 11) is 4.71. The van der Waals surface area contributed by atoms with Crippen molar-refractivity contribution in [3.63, 3.8) is 0 Å². The molecule has 0 radical (unpaired) electrons. The zero-order valence-electron chi connectivity index (χ0n) is 13.4. The van der Waals surface area contributed by atoms with Crippen LogP contribution < -0.4 is 9.47 Å². The summed E-state index contributed by atoms with van der Waals surface area (Å²) in [5, 5.41) is 4.85. The van der Waals surface area contributed by atoms with Crippen LogP contribution in [-0.4, -0.2) is 35.6 Å². The molecule has 3 aromatic rings. The molecule has 1 heterocycles. The van der Waals surface area contributed by atoms with Gasteiger partial charge in [0, 0.05) is 18.2 Å². The second-order valence-electron chi connectivity index (χ2n) is 5.55. The molecule has 6 heteroatoms. The molecule has 0 fully saturated rings. The fourth-order valence-corrected chi connectivity index (χ4v) is 3.35. The van der Waals surface area contributed by atoms with Gasteiger partial charge in [0.25, 0.3) is 0 Å². The van der Waals surface area contributed by atoms with Crippen LogP contribution in [0, 0.1) is 0 Å². The molecular weight excluding hydrogens is 308 g/mol. The number of ketones is 2. The monoisotopic (exact) mass is 322 g/mol. The predicted octanol–water partition coefficient (Wildman–Crippen LogP) is 2.37. The highest BCUT2D eigenvalue weighted by Gasteiger charge is 2.37. The Morgan fingerprint density at radius 2 is 1.46 bits per heavy atom. The third kappa shape index (κ3) is 1.62. The fraction of sp³-hybridized carbons (Fsp3) is 0.167. The molecule has 0 saturated carbocycles. The van der Waals surface area contributed by atoms with E-state index < -0.39 is 0 Å². The molecule has 0 saturated heterocycles. The molecule has 0 atom stereocenters. The van der Waals surface area contributed by atoms with Crippen LogP contribution in [-0.2, 0) is 7.05 Å². The maximum absolute atomic E-state index is 13.1. The molecule has 1 aromatic heterocycles. The SMILES string of the molecule is COc1c2c(c(OC)c3c1cnn3C)C(=O)c1ccccc1C2=O. The molecule has 2 aromatic carbocycles. The van der Waals surface area contributed by atoms with E-state index in [2.05, 4.69) is 5.10 Å². The fourth-order valence-electron chi connectivity index (χ4n) is 3.35. The van der Waals surface area contributed by atoms with Gasteiger partial charge >= 0.3 is 0 Å². The van der Waals surface area contributed by atoms with E-state index in [0.29, 0.717) is 33.5 Å². The summed E-state index contributed by atoms with van der Waals surface area (Å²) in [6.07, 6.45) is 1.61. The lowest BCUT2D eigenvalue weighted by molar-refractivity contribution is 0.0974. The Morgan fingerprint density at radius 1 is 0.917 bits per heavy atom. The number of benzene rings is 2. The van der Waals surface area contributed by atoms with E-state index in [0.717, 1.165) is 0 Å².